The van der Waals surface area contributed by atoms with Gasteiger partial charge in [-0.25, -0.2) is 0 Å². The molecule has 0 aliphatic carbocycles. The number of benzene rings is 2. The minimum absolute atomic E-state index is 0.112. The van der Waals surface area contributed by atoms with E-state index in [9.17, 15) is 9.59 Å². The van der Waals surface area contributed by atoms with Crippen molar-refractivity contribution in [1.82, 2.24) is 15.1 Å². The Morgan fingerprint density at radius 3 is 2.49 bits per heavy atom. The molecule has 3 atom stereocenters. The zero-order valence-electron chi connectivity index (χ0n) is 19.9. The summed E-state index contributed by atoms with van der Waals surface area (Å²) < 4.78 is 11.9. The summed E-state index contributed by atoms with van der Waals surface area (Å²) >= 11 is 0. The number of hydrogen-bond acceptors (Lipinski definition) is 5. The number of rotatable bonds is 6. The summed E-state index contributed by atoms with van der Waals surface area (Å²) in [5, 5.41) is 2.79. The van der Waals surface area contributed by atoms with Crippen molar-refractivity contribution >= 4 is 11.8 Å². The molecule has 4 aliphatic rings. The largest absolute Gasteiger partial charge is 0.489 e. The molecule has 0 radical (unpaired) electrons. The lowest BCUT2D eigenvalue weighted by atomic mass is 10.0. The molecule has 2 aromatic rings. The first-order valence-electron chi connectivity index (χ1n) is 12.5. The van der Waals surface area contributed by atoms with Crippen molar-refractivity contribution in [2.45, 2.75) is 63.5 Å². The van der Waals surface area contributed by atoms with E-state index in [0.717, 1.165) is 30.9 Å². The van der Waals surface area contributed by atoms with Crippen LogP contribution in [0.2, 0.25) is 0 Å². The van der Waals surface area contributed by atoms with Gasteiger partial charge in [-0.3, -0.25) is 14.5 Å². The second kappa shape index (κ2) is 9.13. The topological polar surface area (TPSA) is 71.1 Å². The van der Waals surface area contributed by atoms with E-state index in [4.69, 9.17) is 9.47 Å². The number of morpholine rings is 1. The van der Waals surface area contributed by atoms with E-state index < -0.39 is 6.04 Å². The molecule has 2 amide bonds. The molecule has 3 fully saturated rings. The SMILES string of the molecule is C=C1CCC(N2Cc3c(OCc4ccc(CN5C6CCC5COC6)cc4)cccc3C2=O)C(=O)N1. The van der Waals surface area contributed by atoms with Gasteiger partial charge in [-0.05, 0) is 48.9 Å². The monoisotopic (exact) mass is 473 g/mol. The summed E-state index contributed by atoms with van der Waals surface area (Å²) in [7, 11) is 0. The summed E-state index contributed by atoms with van der Waals surface area (Å²) in [5.41, 5.74) is 4.58. The Kier molecular flexibility index (Phi) is 5.82. The number of amides is 2. The molecule has 6 rings (SSSR count). The molecule has 2 bridgehead atoms. The Hall–Kier alpha value is -3.16. The highest BCUT2D eigenvalue weighted by Crippen LogP contribution is 2.34. The van der Waals surface area contributed by atoms with Gasteiger partial charge in [0, 0.05) is 35.5 Å². The molecule has 35 heavy (non-hydrogen) atoms. The molecule has 0 spiro atoms. The van der Waals surface area contributed by atoms with Crippen molar-refractivity contribution in [2.24, 2.45) is 0 Å². The van der Waals surface area contributed by atoms with Gasteiger partial charge in [0.25, 0.3) is 5.91 Å². The number of piperidine rings is 1. The molecule has 1 N–H and O–H groups in total. The molecule has 7 nitrogen and oxygen atoms in total. The van der Waals surface area contributed by atoms with Crippen LogP contribution in [0.4, 0.5) is 0 Å². The molecular formula is C28H31N3O4. The minimum Gasteiger partial charge on any atom is -0.489 e. The van der Waals surface area contributed by atoms with Crippen LogP contribution in [0.15, 0.2) is 54.7 Å². The second-order valence-electron chi connectivity index (χ2n) is 10.1. The summed E-state index contributed by atoms with van der Waals surface area (Å²) in [6.07, 6.45) is 3.75. The number of ether oxygens (including phenoxy) is 2. The maximum Gasteiger partial charge on any atom is 0.255 e. The fourth-order valence-corrected chi connectivity index (χ4v) is 5.86. The third-order valence-electron chi connectivity index (χ3n) is 7.83. The first-order valence-corrected chi connectivity index (χ1v) is 12.5. The van der Waals surface area contributed by atoms with Gasteiger partial charge in [0.15, 0.2) is 0 Å². The van der Waals surface area contributed by atoms with Crippen molar-refractivity contribution in [2.75, 3.05) is 13.2 Å². The van der Waals surface area contributed by atoms with Gasteiger partial charge in [-0.1, -0.05) is 36.9 Å². The van der Waals surface area contributed by atoms with Crippen LogP contribution in [-0.4, -0.2) is 53.0 Å². The van der Waals surface area contributed by atoms with Crippen LogP contribution in [0.1, 0.15) is 52.7 Å². The van der Waals surface area contributed by atoms with Crippen LogP contribution in [0.25, 0.3) is 0 Å². The molecule has 3 unspecified atom stereocenters. The van der Waals surface area contributed by atoms with Crippen LogP contribution in [0, 0.1) is 0 Å². The van der Waals surface area contributed by atoms with Crippen LogP contribution < -0.4 is 10.1 Å². The van der Waals surface area contributed by atoms with E-state index in [2.05, 4.69) is 41.1 Å². The minimum atomic E-state index is -0.470. The van der Waals surface area contributed by atoms with Gasteiger partial charge in [-0.15, -0.1) is 0 Å². The lowest BCUT2D eigenvalue weighted by Crippen LogP contribution is -2.49. The van der Waals surface area contributed by atoms with Crippen LogP contribution >= 0.6 is 0 Å². The zero-order chi connectivity index (χ0) is 23.9. The molecular weight excluding hydrogens is 442 g/mol. The number of carbonyl (C=O) groups excluding carboxylic acids is 2. The lowest BCUT2D eigenvalue weighted by Gasteiger charge is -2.34. The molecule has 0 saturated carbocycles. The smallest absolute Gasteiger partial charge is 0.255 e. The van der Waals surface area contributed by atoms with Gasteiger partial charge in [0.2, 0.25) is 5.91 Å². The van der Waals surface area contributed by atoms with Crippen LogP contribution in [0.3, 0.4) is 0 Å². The molecule has 0 aromatic heterocycles. The highest BCUT2D eigenvalue weighted by Gasteiger charge is 2.39. The van der Waals surface area contributed by atoms with E-state index in [1.807, 2.05) is 18.2 Å². The molecule has 2 aromatic carbocycles. The highest BCUT2D eigenvalue weighted by molar-refractivity contribution is 6.02. The van der Waals surface area contributed by atoms with E-state index in [-0.39, 0.29) is 11.8 Å². The molecule has 4 heterocycles. The third-order valence-corrected chi connectivity index (χ3v) is 7.83. The maximum absolute atomic E-state index is 13.1. The summed E-state index contributed by atoms with van der Waals surface area (Å²) in [6.45, 7) is 7.31. The van der Waals surface area contributed by atoms with Gasteiger partial charge in [-0.2, -0.15) is 0 Å². The summed E-state index contributed by atoms with van der Waals surface area (Å²) in [4.78, 5) is 29.8. The number of hydrogen-bond donors (Lipinski definition) is 1. The average molecular weight is 474 g/mol. The Bertz CT molecular complexity index is 1150. The second-order valence-corrected chi connectivity index (χ2v) is 10.1. The number of carbonyl (C=O) groups is 2. The molecule has 7 heteroatoms. The van der Waals surface area contributed by atoms with Gasteiger partial charge in [0.1, 0.15) is 18.4 Å². The normalized spacial score (nSPS) is 26.1. The van der Waals surface area contributed by atoms with E-state index in [0.29, 0.717) is 55.1 Å². The van der Waals surface area contributed by atoms with Crippen molar-refractivity contribution in [3.63, 3.8) is 0 Å². The van der Waals surface area contributed by atoms with Crippen LogP contribution in [-0.2, 0) is 29.2 Å². The average Bonchev–Trinajstić information content (AvgIpc) is 3.29. The van der Waals surface area contributed by atoms with Crippen molar-refractivity contribution < 1.29 is 19.1 Å². The highest BCUT2D eigenvalue weighted by atomic mass is 16.5. The standard InChI is InChI=1S/C28H31N3O4/c1-18-5-12-25(27(32)29-18)31-14-24-23(28(31)33)3-2-4-26(24)35-15-20-8-6-19(7-9-20)13-30-21-10-11-22(30)17-34-16-21/h2-4,6-9,21-22,25H,1,5,10-17H2,(H,29,32). The molecule has 3 saturated heterocycles. The van der Waals surface area contributed by atoms with Crippen molar-refractivity contribution in [3.05, 3.63) is 77.0 Å². The number of nitrogens with zero attached hydrogens (tertiary/aromatic N) is 2. The van der Waals surface area contributed by atoms with E-state index in [1.165, 1.54) is 18.4 Å². The predicted octanol–water partition coefficient (Wildman–Crippen LogP) is 3.38. The number of allylic oxidation sites excluding steroid dienone is 1. The number of nitrogens with one attached hydrogen (secondary N) is 1. The van der Waals surface area contributed by atoms with Crippen LogP contribution in [0.5, 0.6) is 5.75 Å². The first-order chi connectivity index (χ1) is 17.1. The van der Waals surface area contributed by atoms with Crippen molar-refractivity contribution in [3.8, 4) is 5.75 Å². The van der Waals surface area contributed by atoms with Crippen molar-refractivity contribution in [1.29, 1.82) is 0 Å². The third kappa shape index (κ3) is 4.23. The quantitative estimate of drug-likeness (QED) is 0.697. The Balaban J connectivity index is 1.10. The Morgan fingerprint density at radius 2 is 1.74 bits per heavy atom. The Morgan fingerprint density at radius 1 is 1.00 bits per heavy atom. The van der Waals surface area contributed by atoms with Gasteiger partial charge in [0.05, 0.1) is 19.8 Å². The first kappa shape index (κ1) is 22.3. The predicted molar refractivity (Wildman–Crippen MR) is 131 cm³/mol. The summed E-state index contributed by atoms with van der Waals surface area (Å²) in [5.74, 6) is 0.433. The molecule has 4 aliphatic heterocycles. The number of fused-ring (bicyclic) bond motifs is 3. The maximum atomic E-state index is 13.1. The zero-order valence-corrected chi connectivity index (χ0v) is 19.9. The van der Waals surface area contributed by atoms with E-state index in [1.54, 1.807) is 4.90 Å². The fraction of sp³-hybridized carbons (Fsp3) is 0.429. The fourth-order valence-electron chi connectivity index (χ4n) is 5.86. The molecule has 182 valence electrons. The Labute approximate surface area is 205 Å². The lowest BCUT2D eigenvalue weighted by molar-refractivity contribution is -0.126. The van der Waals surface area contributed by atoms with Gasteiger partial charge >= 0.3 is 0 Å². The van der Waals surface area contributed by atoms with E-state index >= 15 is 0 Å². The summed E-state index contributed by atoms with van der Waals surface area (Å²) in [6, 6.07) is 14.8. The van der Waals surface area contributed by atoms with Gasteiger partial charge < -0.3 is 19.7 Å².